The van der Waals surface area contributed by atoms with Gasteiger partial charge >= 0.3 is 0 Å². The lowest BCUT2D eigenvalue weighted by molar-refractivity contribution is -0.0377. The van der Waals surface area contributed by atoms with E-state index in [2.05, 4.69) is 13.8 Å². The number of hydrogen-bond acceptors (Lipinski definition) is 0. The van der Waals surface area contributed by atoms with Gasteiger partial charge in [0.15, 0.2) is 0 Å². The van der Waals surface area contributed by atoms with Crippen molar-refractivity contribution in [2.45, 2.75) is 104 Å². The first kappa shape index (κ1) is 19.6. The van der Waals surface area contributed by atoms with E-state index in [1.807, 2.05) is 6.92 Å². The van der Waals surface area contributed by atoms with Crippen LogP contribution in [-0.4, -0.2) is 12.3 Å². The minimum absolute atomic E-state index is 0.0213. The van der Waals surface area contributed by atoms with Crippen molar-refractivity contribution in [3.8, 4) is 0 Å². The number of hydrogen-bond donors (Lipinski definition) is 0. The fourth-order valence-electron chi connectivity index (χ4n) is 6.39. The summed E-state index contributed by atoms with van der Waals surface area (Å²) in [6.07, 6.45) is 11.8. The summed E-state index contributed by atoms with van der Waals surface area (Å²) in [4.78, 5) is 0. The van der Waals surface area contributed by atoms with E-state index in [9.17, 15) is 8.78 Å². The third-order valence-electron chi connectivity index (χ3n) is 8.17. The molecular weight excluding hydrogens is 314 g/mol. The highest BCUT2D eigenvalue weighted by atomic mass is 19.2. The number of halogens is 2. The Kier molecular flexibility index (Phi) is 6.83. The maximum atomic E-state index is 14.7. The van der Waals surface area contributed by atoms with Crippen LogP contribution in [0.15, 0.2) is 0 Å². The van der Waals surface area contributed by atoms with Crippen LogP contribution in [0.1, 0.15) is 91.4 Å². The van der Waals surface area contributed by atoms with Gasteiger partial charge in [0.25, 0.3) is 0 Å². The van der Waals surface area contributed by atoms with Gasteiger partial charge in [0.05, 0.1) is 0 Å². The molecule has 0 aromatic rings. The highest BCUT2D eigenvalue weighted by Crippen LogP contribution is 2.47. The first-order valence-corrected chi connectivity index (χ1v) is 11.2. The predicted molar refractivity (Wildman–Crippen MR) is 102 cm³/mol. The van der Waals surface area contributed by atoms with E-state index in [1.54, 1.807) is 0 Å². The maximum absolute atomic E-state index is 14.7. The zero-order valence-electron chi connectivity index (χ0n) is 16.7. The monoisotopic (exact) mass is 354 g/mol. The van der Waals surface area contributed by atoms with Crippen molar-refractivity contribution < 1.29 is 8.78 Å². The summed E-state index contributed by atoms with van der Waals surface area (Å²) in [5, 5.41) is 0. The Morgan fingerprint density at radius 1 is 0.640 bits per heavy atom. The van der Waals surface area contributed by atoms with Gasteiger partial charge in [-0.3, -0.25) is 0 Å². The fourth-order valence-corrected chi connectivity index (χ4v) is 6.39. The zero-order valence-corrected chi connectivity index (χ0v) is 16.7. The summed E-state index contributed by atoms with van der Waals surface area (Å²) >= 11 is 0. The van der Waals surface area contributed by atoms with Crippen LogP contribution >= 0.6 is 0 Å². The third kappa shape index (κ3) is 4.78. The molecule has 0 radical (unpaired) electrons. The third-order valence-corrected chi connectivity index (χ3v) is 8.17. The lowest BCUT2D eigenvalue weighted by Gasteiger charge is -2.44. The Bertz CT molecular complexity index is 393. The Balaban J connectivity index is 1.42. The van der Waals surface area contributed by atoms with Gasteiger partial charge in [-0.15, -0.1) is 0 Å². The topological polar surface area (TPSA) is 0 Å². The standard InChI is InChI=1S/C23H40F2/c1-15-4-6-18(7-5-15)8-9-19-10-12-20(13-11-19)21-16(2)14-17(3)22(24)23(21)25/h15-23H,4-14H2,1-3H3. The highest BCUT2D eigenvalue weighted by molar-refractivity contribution is 4.94. The van der Waals surface area contributed by atoms with Gasteiger partial charge in [-0.25, -0.2) is 8.78 Å². The Hall–Kier alpha value is -0.140. The molecule has 146 valence electrons. The molecule has 2 heteroatoms. The lowest BCUT2D eigenvalue weighted by atomic mass is 9.63. The van der Waals surface area contributed by atoms with E-state index in [4.69, 9.17) is 0 Å². The predicted octanol–water partition coefficient (Wildman–Crippen LogP) is 7.37. The lowest BCUT2D eigenvalue weighted by Crippen LogP contribution is -2.45. The maximum Gasteiger partial charge on any atom is 0.135 e. The van der Waals surface area contributed by atoms with Gasteiger partial charge < -0.3 is 0 Å². The van der Waals surface area contributed by atoms with E-state index in [1.165, 1.54) is 51.4 Å². The van der Waals surface area contributed by atoms with Crippen LogP contribution in [-0.2, 0) is 0 Å². The van der Waals surface area contributed by atoms with Crippen LogP contribution in [0.3, 0.4) is 0 Å². The van der Waals surface area contributed by atoms with Crippen molar-refractivity contribution in [3.05, 3.63) is 0 Å². The van der Waals surface area contributed by atoms with Crippen molar-refractivity contribution in [1.29, 1.82) is 0 Å². The van der Waals surface area contributed by atoms with Crippen molar-refractivity contribution in [2.24, 2.45) is 41.4 Å². The highest BCUT2D eigenvalue weighted by Gasteiger charge is 2.46. The van der Waals surface area contributed by atoms with Gasteiger partial charge in [-0.1, -0.05) is 72.1 Å². The molecule has 5 atom stereocenters. The molecule has 0 nitrogen and oxygen atoms in total. The fraction of sp³-hybridized carbons (Fsp3) is 1.00. The van der Waals surface area contributed by atoms with E-state index < -0.39 is 12.3 Å². The van der Waals surface area contributed by atoms with Crippen LogP contribution in [0.4, 0.5) is 8.78 Å². The molecule has 3 aliphatic rings. The SMILES string of the molecule is CC1CCC(CCC2CCC(C3C(C)CC(C)C(F)C3F)CC2)CC1. The van der Waals surface area contributed by atoms with Gasteiger partial charge in [-0.2, -0.15) is 0 Å². The van der Waals surface area contributed by atoms with E-state index in [0.29, 0.717) is 11.8 Å². The summed E-state index contributed by atoms with van der Waals surface area (Å²) in [5.41, 5.74) is 0. The largest absolute Gasteiger partial charge is 0.244 e. The average Bonchev–Trinajstić information content (AvgIpc) is 2.60. The van der Waals surface area contributed by atoms with Gasteiger partial charge in [-0.05, 0) is 60.7 Å². The molecule has 0 aliphatic heterocycles. The molecule has 3 saturated carbocycles. The molecule has 0 amide bonds. The Morgan fingerprint density at radius 2 is 1.16 bits per heavy atom. The molecule has 3 aliphatic carbocycles. The van der Waals surface area contributed by atoms with Crippen molar-refractivity contribution in [3.63, 3.8) is 0 Å². The second-order valence-corrected chi connectivity index (χ2v) is 10.1. The first-order valence-electron chi connectivity index (χ1n) is 11.2. The molecule has 25 heavy (non-hydrogen) atoms. The molecule has 3 rings (SSSR count). The van der Waals surface area contributed by atoms with Gasteiger partial charge in [0.1, 0.15) is 12.3 Å². The molecule has 0 saturated heterocycles. The molecule has 3 fully saturated rings. The van der Waals surface area contributed by atoms with Crippen LogP contribution in [0.25, 0.3) is 0 Å². The van der Waals surface area contributed by atoms with E-state index in [0.717, 1.165) is 37.0 Å². The molecule has 0 aromatic heterocycles. The molecule has 5 unspecified atom stereocenters. The summed E-state index contributed by atoms with van der Waals surface area (Å²) in [6, 6.07) is 0. The van der Waals surface area contributed by atoms with Crippen LogP contribution in [0.5, 0.6) is 0 Å². The quantitative estimate of drug-likeness (QED) is 0.494. The molecule has 0 bridgehead atoms. The van der Waals surface area contributed by atoms with Gasteiger partial charge in [0, 0.05) is 0 Å². The minimum atomic E-state index is -1.23. The normalized spacial score (nSPS) is 49.1. The van der Waals surface area contributed by atoms with Gasteiger partial charge in [0.2, 0.25) is 0 Å². The van der Waals surface area contributed by atoms with Crippen molar-refractivity contribution in [2.75, 3.05) is 0 Å². The first-order chi connectivity index (χ1) is 12.0. The van der Waals surface area contributed by atoms with Crippen molar-refractivity contribution >= 4 is 0 Å². The second kappa shape index (κ2) is 8.70. The Morgan fingerprint density at radius 3 is 1.72 bits per heavy atom. The summed E-state index contributed by atoms with van der Waals surface area (Å²) < 4.78 is 28.9. The zero-order chi connectivity index (χ0) is 18.0. The Labute approximate surface area is 154 Å². The molecule has 0 aromatic carbocycles. The minimum Gasteiger partial charge on any atom is -0.244 e. The number of rotatable bonds is 4. The van der Waals surface area contributed by atoms with Crippen LogP contribution in [0, 0.1) is 41.4 Å². The molecule has 0 N–H and O–H groups in total. The van der Waals surface area contributed by atoms with E-state index in [-0.39, 0.29) is 11.8 Å². The number of alkyl halides is 2. The summed E-state index contributed by atoms with van der Waals surface area (Å²) in [6.45, 7) is 6.44. The molecule has 0 spiro atoms. The van der Waals surface area contributed by atoms with E-state index >= 15 is 0 Å². The smallest absolute Gasteiger partial charge is 0.135 e. The second-order valence-electron chi connectivity index (χ2n) is 10.1. The van der Waals surface area contributed by atoms with Crippen LogP contribution in [0.2, 0.25) is 0 Å². The average molecular weight is 355 g/mol. The van der Waals surface area contributed by atoms with Crippen LogP contribution < -0.4 is 0 Å². The summed E-state index contributed by atoms with van der Waals surface area (Å²) in [7, 11) is 0. The molecule has 0 heterocycles. The summed E-state index contributed by atoms with van der Waals surface area (Å²) in [5.74, 6) is 3.43. The van der Waals surface area contributed by atoms with Crippen molar-refractivity contribution in [1.82, 2.24) is 0 Å². The molecular formula is C23H40F2.